The maximum atomic E-state index is 12.7. The zero-order chi connectivity index (χ0) is 14.7. The van der Waals surface area contributed by atoms with Crippen LogP contribution < -0.4 is 0 Å². The van der Waals surface area contributed by atoms with Crippen LogP contribution in [-0.4, -0.2) is 27.4 Å². The van der Waals surface area contributed by atoms with Gasteiger partial charge in [0.05, 0.1) is 6.54 Å². The van der Waals surface area contributed by atoms with Gasteiger partial charge in [0.2, 0.25) is 0 Å². The van der Waals surface area contributed by atoms with E-state index in [9.17, 15) is 13.6 Å². The number of imidazole rings is 1. The number of benzene rings is 1. The molecule has 0 saturated carbocycles. The van der Waals surface area contributed by atoms with Crippen LogP contribution in [0, 0.1) is 0 Å². The van der Waals surface area contributed by atoms with Crippen molar-refractivity contribution in [2.75, 3.05) is 7.05 Å². The molecule has 2 aromatic rings. The molecule has 1 amide bonds. The molecule has 1 aromatic carbocycles. The Kier molecular flexibility index (Phi) is 4.34. The van der Waals surface area contributed by atoms with Gasteiger partial charge < -0.3 is 4.90 Å². The van der Waals surface area contributed by atoms with Crippen LogP contribution in [0.5, 0.6) is 0 Å². The summed E-state index contributed by atoms with van der Waals surface area (Å²) in [6.45, 7) is -2.69. The maximum Gasteiger partial charge on any atom is 0.319 e. The number of hydrogen-bond donors (Lipinski definition) is 0. The summed E-state index contributed by atoms with van der Waals surface area (Å²) in [6.07, 6.45) is 2.46. The zero-order valence-electron chi connectivity index (χ0n) is 10.6. The number of nitrogens with zero attached hydrogens (tertiary/aromatic N) is 3. The molecule has 0 radical (unpaired) electrons. The lowest BCUT2D eigenvalue weighted by molar-refractivity contribution is 0.0612. The molecule has 0 atom stereocenters. The van der Waals surface area contributed by atoms with Gasteiger partial charge in [0.25, 0.3) is 5.91 Å². The van der Waals surface area contributed by atoms with Gasteiger partial charge in [0.1, 0.15) is 5.82 Å². The smallest absolute Gasteiger partial charge is 0.319 e. The van der Waals surface area contributed by atoms with Crippen molar-refractivity contribution in [3.63, 3.8) is 0 Å². The minimum atomic E-state index is -2.68. The lowest BCUT2D eigenvalue weighted by Gasteiger charge is -2.17. The van der Waals surface area contributed by atoms with E-state index in [1.807, 2.05) is 0 Å². The summed E-state index contributed by atoms with van der Waals surface area (Å²) >= 11 is 5.82. The Morgan fingerprint density at radius 3 is 2.90 bits per heavy atom. The van der Waals surface area contributed by atoms with Crippen molar-refractivity contribution in [1.29, 1.82) is 0 Å². The second-order valence-electron chi connectivity index (χ2n) is 4.20. The van der Waals surface area contributed by atoms with Crippen molar-refractivity contribution in [2.45, 2.75) is 13.1 Å². The van der Waals surface area contributed by atoms with Gasteiger partial charge in [-0.25, -0.2) is 4.98 Å². The maximum absolute atomic E-state index is 12.7. The van der Waals surface area contributed by atoms with Crippen LogP contribution in [0.15, 0.2) is 36.7 Å². The van der Waals surface area contributed by atoms with E-state index in [0.29, 0.717) is 10.6 Å². The molecule has 0 unspecified atom stereocenters. The van der Waals surface area contributed by atoms with Crippen molar-refractivity contribution in [2.24, 2.45) is 0 Å². The van der Waals surface area contributed by atoms with Crippen molar-refractivity contribution < 1.29 is 13.6 Å². The molecule has 0 aliphatic carbocycles. The summed E-state index contributed by atoms with van der Waals surface area (Å²) < 4.78 is 26.1. The van der Waals surface area contributed by atoms with E-state index in [-0.39, 0.29) is 18.3 Å². The van der Waals surface area contributed by atoms with Crippen LogP contribution in [0.3, 0.4) is 0 Å². The monoisotopic (exact) mass is 299 g/mol. The number of carbonyl (C=O) groups excluding carboxylic acids is 1. The molecular weight excluding hydrogens is 288 g/mol. The summed E-state index contributed by atoms with van der Waals surface area (Å²) in [5.41, 5.74) is 0.398. The van der Waals surface area contributed by atoms with Crippen molar-refractivity contribution in [1.82, 2.24) is 14.5 Å². The summed E-state index contributed by atoms with van der Waals surface area (Å²) in [4.78, 5) is 17.3. The Morgan fingerprint density at radius 1 is 1.50 bits per heavy atom. The van der Waals surface area contributed by atoms with E-state index in [4.69, 9.17) is 11.6 Å². The second kappa shape index (κ2) is 6.00. The molecule has 1 heterocycles. The van der Waals surface area contributed by atoms with E-state index in [2.05, 4.69) is 4.98 Å². The molecule has 0 bridgehead atoms. The lowest BCUT2D eigenvalue weighted by Crippen LogP contribution is -2.27. The van der Waals surface area contributed by atoms with E-state index >= 15 is 0 Å². The van der Waals surface area contributed by atoms with Gasteiger partial charge in [-0.3, -0.25) is 9.36 Å². The van der Waals surface area contributed by atoms with Crippen LogP contribution in [0.4, 0.5) is 8.78 Å². The number of rotatable bonds is 4. The fourth-order valence-corrected chi connectivity index (χ4v) is 1.96. The molecule has 0 N–H and O–H groups in total. The van der Waals surface area contributed by atoms with Crippen LogP contribution in [0.2, 0.25) is 5.02 Å². The molecule has 0 fully saturated rings. The number of aromatic nitrogens is 2. The fraction of sp³-hybridized carbons (Fsp3) is 0.231. The molecule has 0 aliphatic heterocycles. The fourth-order valence-electron chi connectivity index (χ4n) is 1.77. The molecular formula is C13H12ClF2N3O. The predicted octanol–water partition coefficient (Wildman–Crippen LogP) is 3.20. The van der Waals surface area contributed by atoms with Crippen LogP contribution >= 0.6 is 11.6 Å². The summed E-state index contributed by atoms with van der Waals surface area (Å²) in [6, 6.07) is 6.45. The Morgan fingerprint density at radius 2 is 2.25 bits per heavy atom. The van der Waals surface area contributed by atoms with Gasteiger partial charge in [0, 0.05) is 30.0 Å². The average Bonchev–Trinajstić information content (AvgIpc) is 2.86. The SMILES string of the molecule is CN(Cc1nccn1C(F)F)C(=O)c1cccc(Cl)c1. The molecule has 0 spiro atoms. The highest BCUT2D eigenvalue weighted by Gasteiger charge is 2.17. The summed E-state index contributed by atoms with van der Waals surface area (Å²) in [7, 11) is 1.52. The van der Waals surface area contributed by atoms with Crippen LogP contribution in [-0.2, 0) is 6.54 Å². The molecule has 4 nitrogen and oxygen atoms in total. The van der Waals surface area contributed by atoms with Gasteiger partial charge in [0.15, 0.2) is 0 Å². The Balaban J connectivity index is 2.14. The van der Waals surface area contributed by atoms with E-state index in [0.717, 1.165) is 4.57 Å². The first-order valence-corrected chi connectivity index (χ1v) is 6.17. The highest BCUT2D eigenvalue weighted by molar-refractivity contribution is 6.30. The molecule has 0 aliphatic rings. The van der Waals surface area contributed by atoms with E-state index in [1.54, 1.807) is 18.2 Å². The number of carbonyl (C=O) groups is 1. The minimum absolute atomic E-state index is 0.0112. The number of alkyl halides is 2. The predicted molar refractivity (Wildman–Crippen MR) is 70.7 cm³/mol. The zero-order valence-corrected chi connectivity index (χ0v) is 11.4. The van der Waals surface area contributed by atoms with Gasteiger partial charge in [-0.2, -0.15) is 8.78 Å². The second-order valence-corrected chi connectivity index (χ2v) is 4.64. The van der Waals surface area contributed by atoms with Crippen molar-refractivity contribution >= 4 is 17.5 Å². The standard InChI is InChI=1S/C13H12ClF2N3O/c1-18(8-11-17-5-6-19(11)13(15)16)12(20)9-3-2-4-10(14)7-9/h2-7,13H,8H2,1H3. The van der Waals surface area contributed by atoms with Gasteiger partial charge >= 0.3 is 6.55 Å². The van der Waals surface area contributed by atoms with Gasteiger partial charge in [-0.05, 0) is 18.2 Å². The molecule has 0 saturated heterocycles. The first kappa shape index (κ1) is 14.5. The van der Waals surface area contributed by atoms with Crippen molar-refractivity contribution in [3.8, 4) is 0 Å². The van der Waals surface area contributed by atoms with Crippen molar-refractivity contribution in [3.05, 3.63) is 53.1 Å². The highest BCUT2D eigenvalue weighted by Crippen LogP contribution is 2.16. The molecule has 2 rings (SSSR count). The Hall–Kier alpha value is -1.95. The van der Waals surface area contributed by atoms with Gasteiger partial charge in [-0.1, -0.05) is 17.7 Å². The average molecular weight is 300 g/mol. The third-order valence-corrected chi connectivity index (χ3v) is 2.99. The topological polar surface area (TPSA) is 38.1 Å². The third-order valence-electron chi connectivity index (χ3n) is 2.76. The first-order valence-electron chi connectivity index (χ1n) is 5.80. The van der Waals surface area contributed by atoms with Crippen LogP contribution in [0.1, 0.15) is 22.7 Å². The Bertz CT molecular complexity index is 615. The Labute approximate surface area is 119 Å². The third kappa shape index (κ3) is 3.14. The molecule has 106 valence electrons. The van der Waals surface area contributed by atoms with Crippen LogP contribution in [0.25, 0.3) is 0 Å². The van der Waals surface area contributed by atoms with E-state index < -0.39 is 6.55 Å². The summed E-state index contributed by atoms with van der Waals surface area (Å²) in [5.74, 6) is -0.186. The quantitative estimate of drug-likeness (QED) is 0.869. The normalized spacial score (nSPS) is 10.8. The molecule has 1 aromatic heterocycles. The molecule has 7 heteroatoms. The lowest BCUT2D eigenvalue weighted by atomic mass is 10.2. The largest absolute Gasteiger partial charge is 0.334 e. The number of halogens is 3. The highest BCUT2D eigenvalue weighted by atomic mass is 35.5. The number of amides is 1. The summed E-state index contributed by atoms with van der Waals surface area (Å²) in [5, 5.41) is 0.443. The first-order chi connectivity index (χ1) is 9.49. The van der Waals surface area contributed by atoms with E-state index in [1.165, 1.54) is 30.4 Å². The van der Waals surface area contributed by atoms with Gasteiger partial charge in [-0.15, -0.1) is 0 Å². The minimum Gasteiger partial charge on any atom is -0.334 e. The number of hydrogen-bond acceptors (Lipinski definition) is 2. The molecule has 20 heavy (non-hydrogen) atoms.